The number of hydrogen-bond acceptors (Lipinski definition) is 3. The summed E-state index contributed by atoms with van der Waals surface area (Å²) in [6.07, 6.45) is 2.89. The van der Waals surface area contributed by atoms with Crippen molar-refractivity contribution in [2.75, 3.05) is 13.2 Å². The first-order valence-electron chi connectivity index (χ1n) is 7.30. The number of halogens is 1. The van der Waals surface area contributed by atoms with Gasteiger partial charge in [0.1, 0.15) is 6.54 Å². The van der Waals surface area contributed by atoms with E-state index in [4.69, 9.17) is 16.3 Å². The smallest absolute Gasteiger partial charge is 0.325 e. The number of nitrogens with zero attached hydrogens (tertiary/aromatic N) is 1. The average Bonchev–Trinajstić information content (AvgIpc) is 3.28. The fraction of sp³-hybridized carbons (Fsp3) is 0.500. The van der Waals surface area contributed by atoms with E-state index >= 15 is 0 Å². The van der Waals surface area contributed by atoms with Crippen molar-refractivity contribution < 1.29 is 14.3 Å². The van der Waals surface area contributed by atoms with Gasteiger partial charge in [-0.15, -0.1) is 0 Å². The number of aryl methyl sites for hydroxylation is 1. The van der Waals surface area contributed by atoms with Gasteiger partial charge in [0, 0.05) is 17.5 Å². The highest BCUT2D eigenvalue weighted by atomic mass is 35.5. The zero-order valence-electron chi connectivity index (χ0n) is 12.2. The number of ether oxygens (including phenoxy) is 1. The SMILES string of the molecule is CCOC(=O)CN(C(=O)CCc1ccccc1Cl)C1CC1. The first-order chi connectivity index (χ1) is 10.1. The van der Waals surface area contributed by atoms with Crippen LogP contribution in [0.15, 0.2) is 24.3 Å². The Morgan fingerprint density at radius 1 is 1.33 bits per heavy atom. The van der Waals surface area contributed by atoms with Crippen molar-refractivity contribution in [2.24, 2.45) is 0 Å². The minimum Gasteiger partial charge on any atom is -0.465 e. The van der Waals surface area contributed by atoms with Crippen LogP contribution < -0.4 is 0 Å². The van der Waals surface area contributed by atoms with Gasteiger partial charge in [0.25, 0.3) is 0 Å². The zero-order valence-corrected chi connectivity index (χ0v) is 12.9. The summed E-state index contributed by atoms with van der Waals surface area (Å²) in [5.74, 6) is -0.346. The summed E-state index contributed by atoms with van der Waals surface area (Å²) in [4.78, 5) is 25.6. The lowest BCUT2D eigenvalue weighted by atomic mass is 10.1. The number of hydrogen-bond donors (Lipinski definition) is 0. The molecule has 1 aliphatic rings. The van der Waals surface area contributed by atoms with Crippen molar-refractivity contribution in [2.45, 2.75) is 38.6 Å². The largest absolute Gasteiger partial charge is 0.465 e. The standard InChI is InChI=1S/C16H20ClNO3/c1-2-21-16(20)11-18(13-8-9-13)15(19)10-7-12-5-3-4-6-14(12)17/h3-6,13H,2,7-11H2,1H3. The van der Waals surface area contributed by atoms with Crippen molar-refractivity contribution in [3.05, 3.63) is 34.9 Å². The van der Waals surface area contributed by atoms with Crippen LogP contribution in [-0.2, 0) is 20.7 Å². The molecule has 21 heavy (non-hydrogen) atoms. The van der Waals surface area contributed by atoms with E-state index in [0.717, 1.165) is 18.4 Å². The Balaban J connectivity index is 1.90. The van der Waals surface area contributed by atoms with Crippen LogP contribution in [0.5, 0.6) is 0 Å². The van der Waals surface area contributed by atoms with Gasteiger partial charge < -0.3 is 9.64 Å². The van der Waals surface area contributed by atoms with Crippen LogP contribution >= 0.6 is 11.6 Å². The van der Waals surface area contributed by atoms with Crippen molar-refractivity contribution in [1.29, 1.82) is 0 Å². The number of amides is 1. The lowest BCUT2D eigenvalue weighted by Gasteiger charge is -2.21. The second-order valence-electron chi connectivity index (χ2n) is 5.15. The maximum atomic E-state index is 12.3. The summed E-state index contributed by atoms with van der Waals surface area (Å²) in [5.41, 5.74) is 0.958. The van der Waals surface area contributed by atoms with Crippen molar-refractivity contribution in [3.8, 4) is 0 Å². The highest BCUT2D eigenvalue weighted by Gasteiger charge is 2.33. The van der Waals surface area contributed by atoms with Crippen molar-refractivity contribution >= 4 is 23.5 Å². The van der Waals surface area contributed by atoms with Gasteiger partial charge in [0.05, 0.1) is 6.61 Å². The molecule has 1 saturated carbocycles. The monoisotopic (exact) mass is 309 g/mol. The zero-order chi connectivity index (χ0) is 15.2. The minimum absolute atomic E-state index is 0.00882. The van der Waals surface area contributed by atoms with Gasteiger partial charge in [-0.05, 0) is 37.8 Å². The molecular formula is C16H20ClNO3. The van der Waals surface area contributed by atoms with E-state index in [1.807, 2.05) is 24.3 Å². The van der Waals surface area contributed by atoms with Gasteiger partial charge >= 0.3 is 5.97 Å². The summed E-state index contributed by atoms with van der Waals surface area (Å²) in [6.45, 7) is 2.16. The van der Waals surface area contributed by atoms with Gasteiger partial charge in [-0.3, -0.25) is 9.59 Å². The number of rotatable bonds is 7. The normalized spacial score (nSPS) is 13.8. The first-order valence-corrected chi connectivity index (χ1v) is 7.68. The Morgan fingerprint density at radius 3 is 2.67 bits per heavy atom. The Morgan fingerprint density at radius 2 is 2.05 bits per heavy atom. The molecule has 0 saturated heterocycles. The molecule has 1 fully saturated rings. The van der Waals surface area contributed by atoms with Crippen LogP contribution in [0, 0.1) is 0 Å². The van der Waals surface area contributed by atoms with Crippen LogP contribution in [-0.4, -0.2) is 36.0 Å². The molecule has 5 heteroatoms. The Labute approximate surface area is 130 Å². The molecule has 0 radical (unpaired) electrons. The Kier molecular flexibility index (Phi) is 5.62. The van der Waals surface area contributed by atoms with E-state index in [9.17, 15) is 9.59 Å². The molecule has 0 heterocycles. The van der Waals surface area contributed by atoms with Gasteiger partial charge in [0.15, 0.2) is 0 Å². The second-order valence-corrected chi connectivity index (χ2v) is 5.56. The van der Waals surface area contributed by atoms with E-state index in [1.54, 1.807) is 11.8 Å². The lowest BCUT2D eigenvalue weighted by molar-refractivity contribution is -0.149. The number of benzene rings is 1. The summed E-state index contributed by atoms with van der Waals surface area (Å²) in [5, 5.41) is 0.675. The molecule has 0 aromatic heterocycles. The molecule has 0 atom stereocenters. The van der Waals surface area contributed by atoms with E-state index < -0.39 is 0 Å². The molecule has 1 aromatic rings. The molecule has 1 aliphatic carbocycles. The van der Waals surface area contributed by atoms with Crippen LogP contribution in [0.3, 0.4) is 0 Å². The summed E-state index contributed by atoms with van der Waals surface area (Å²) in [6, 6.07) is 7.71. The summed E-state index contributed by atoms with van der Waals surface area (Å²) < 4.78 is 4.93. The molecule has 0 spiro atoms. The molecule has 0 N–H and O–H groups in total. The van der Waals surface area contributed by atoms with Crippen molar-refractivity contribution in [1.82, 2.24) is 4.90 Å². The fourth-order valence-corrected chi connectivity index (χ4v) is 2.47. The molecular weight excluding hydrogens is 290 g/mol. The van der Waals surface area contributed by atoms with Gasteiger partial charge in [0.2, 0.25) is 5.91 Å². The summed E-state index contributed by atoms with van der Waals surface area (Å²) in [7, 11) is 0. The molecule has 114 valence electrons. The first kappa shape index (κ1) is 15.8. The maximum Gasteiger partial charge on any atom is 0.325 e. The van der Waals surface area contributed by atoms with E-state index in [1.165, 1.54) is 0 Å². The molecule has 0 bridgehead atoms. The molecule has 1 amide bonds. The minimum atomic E-state index is -0.338. The van der Waals surface area contributed by atoms with Crippen LogP contribution in [0.25, 0.3) is 0 Å². The van der Waals surface area contributed by atoms with Crippen molar-refractivity contribution in [3.63, 3.8) is 0 Å². The Hall–Kier alpha value is -1.55. The number of carbonyl (C=O) groups is 2. The van der Waals surface area contributed by atoms with E-state index in [2.05, 4.69) is 0 Å². The van der Waals surface area contributed by atoms with Crippen LogP contribution in [0.4, 0.5) is 0 Å². The number of carbonyl (C=O) groups excluding carboxylic acids is 2. The summed E-state index contributed by atoms with van der Waals surface area (Å²) >= 11 is 6.09. The molecule has 4 nitrogen and oxygen atoms in total. The van der Waals surface area contributed by atoms with E-state index in [-0.39, 0.29) is 24.5 Å². The predicted molar refractivity (Wildman–Crippen MR) is 81.1 cm³/mol. The van der Waals surface area contributed by atoms with Gasteiger partial charge in [-0.25, -0.2) is 0 Å². The molecule has 2 rings (SSSR count). The van der Waals surface area contributed by atoms with Crippen LogP contribution in [0.2, 0.25) is 5.02 Å². The second kappa shape index (κ2) is 7.46. The quantitative estimate of drug-likeness (QED) is 0.728. The average molecular weight is 310 g/mol. The fourth-order valence-electron chi connectivity index (χ4n) is 2.24. The molecule has 0 unspecified atom stereocenters. The highest BCUT2D eigenvalue weighted by molar-refractivity contribution is 6.31. The predicted octanol–water partition coefficient (Wildman–Crippen LogP) is 2.83. The van der Waals surface area contributed by atoms with Crippen LogP contribution in [0.1, 0.15) is 31.7 Å². The van der Waals surface area contributed by atoms with Gasteiger partial charge in [-0.1, -0.05) is 29.8 Å². The number of esters is 1. The Bertz CT molecular complexity index is 514. The third-order valence-corrected chi connectivity index (χ3v) is 3.85. The van der Waals surface area contributed by atoms with Gasteiger partial charge in [-0.2, -0.15) is 0 Å². The molecule has 0 aliphatic heterocycles. The maximum absolute atomic E-state index is 12.3. The third kappa shape index (κ3) is 4.74. The van der Waals surface area contributed by atoms with E-state index in [0.29, 0.717) is 24.5 Å². The third-order valence-electron chi connectivity index (χ3n) is 3.48. The topological polar surface area (TPSA) is 46.6 Å². The highest BCUT2D eigenvalue weighted by Crippen LogP contribution is 2.28. The lowest BCUT2D eigenvalue weighted by Crippen LogP contribution is -2.38. The molecule has 1 aromatic carbocycles.